The highest BCUT2D eigenvalue weighted by molar-refractivity contribution is 5.94. The van der Waals surface area contributed by atoms with Crippen LogP contribution in [-0.4, -0.2) is 30.1 Å². The molecule has 1 N–H and O–H groups in total. The summed E-state index contributed by atoms with van der Waals surface area (Å²) < 4.78 is 11.1. The van der Waals surface area contributed by atoms with Crippen LogP contribution in [0, 0.1) is 16.7 Å². The predicted molar refractivity (Wildman–Crippen MR) is 78.4 cm³/mol. The zero-order valence-corrected chi connectivity index (χ0v) is 13.4. The minimum absolute atomic E-state index is 0.109. The van der Waals surface area contributed by atoms with Gasteiger partial charge in [-0.3, -0.25) is 0 Å². The van der Waals surface area contributed by atoms with Crippen molar-refractivity contribution in [3.63, 3.8) is 0 Å². The van der Waals surface area contributed by atoms with Crippen molar-refractivity contribution in [2.75, 3.05) is 6.61 Å². The molecule has 4 atom stereocenters. The van der Waals surface area contributed by atoms with E-state index in [9.17, 15) is 9.90 Å². The van der Waals surface area contributed by atoms with Crippen molar-refractivity contribution >= 4 is 5.97 Å². The number of carbonyl (C=O) groups is 1. The van der Waals surface area contributed by atoms with Gasteiger partial charge < -0.3 is 14.6 Å². The highest BCUT2D eigenvalue weighted by atomic mass is 16.7. The Bertz CT molecular complexity index is 493. The maximum absolute atomic E-state index is 12.2. The van der Waals surface area contributed by atoms with Crippen molar-refractivity contribution in [1.29, 1.82) is 0 Å². The number of hydrogen-bond donors (Lipinski definition) is 1. The number of ether oxygens (including phenoxy) is 2. The molecule has 0 spiro atoms. The Labute approximate surface area is 126 Å². The highest BCUT2D eigenvalue weighted by Gasteiger charge is 2.58. The molecule has 0 bridgehead atoms. The summed E-state index contributed by atoms with van der Waals surface area (Å²) in [6.07, 6.45) is 2.67. The third-order valence-corrected chi connectivity index (χ3v) is 5.92. The van der Waals surface area contributed by atoms with E-state index in [2.05, 4.69) is 20.8 Å². The number of carbonyl (C=O) groups excluding carboxylic acids is 1. The van der Waals surface area contributed by atoms with Crippen molar-refractivity contribution in [1.82, 2.24) is 0 Å². The van der Waals surface area contributed by atoms with E-state index in [0.29, 0.717) is 24.5 Å². The molecule has 3 aliphatic rings. The zero-order valence-electron chi connectivity index (χ0n) is 13.4. The first-order valence-electron chi connectivity index (χ1n) is 8.06. The summed E-state index contributed by atoms with van der Waals surface area (Å²) in [5.74, 6) is -0.0380. The standard InChI is InChI=1S/C17H26O4/c1-5-20-15-13-12(14(19)21-15)10(18)9-11-16(2,3)7-6-8-17(11,13)4/h10-11,15,18H,5-9H2,1-4H3. The van der Waals surface area contributed by atoms with Gasteiger partial charge in [0.15, 0.2) is 0 Å². The molecule has 118 valence electrons. The van der Waals surface area contributed by atoms with Crippen molar-refractivity contribution in [2.45, 2.75) is 65.8 Å². The molecule has 4 nitrogen and oxygen atoms in total. The van der Waals surface area contributed by atoms with Gasteiger partial charge in [0.25, 0.3) is 0 Å². The molecule has 3 rings (SSSR count). The van der Waals surface area contributed by atoms with E-state index in [0.717, 1.165) is 24.8 Å². The number of aliphatic hydroxyl groups is 1. The summed E-state index contributed by atoms with van der Waals surface area (Å²) in [5, 5.41) is 10.5. The molecule has 0 amide bonds. The lowest BCUT2D eigenvalue weighted by Crippen LogP contribution is -2.50. The fourth-order valence-electron chi connectivity index (χ4n) is 4.98. The first-order valence-corrected chi connectivity index (χ1v) is 8.06. The Kier molecular flexibility index (Phi) is 3.45. The predicted octanol–water partition coefficient (Wildman–Crippen LogP) is 2.80. The molecule has 0 saturated heterocycles. The summed E-state index contributed by atoms with van der Waals surface area (Å²) in [4.78, 5) is 12.2. The van der Waals surface area contributed by atoms with Gasteiger partial charge in [-0.1, -0.05) is 27.2 Å². The highest BCUT2D eigenvalue weighted by Crippen LogP contribution is 2.61. The topological polar surface area (TPSA) is 55.8 Å². The van der Waals surface area contributed by atoms with Crippen LogP contribution in [0.25, 0.3) is 0 Å². The van der Waals surface area contributed by atoms with Crippen LogP contribution in [0.5, 0.6) is 0 Å². The average Bonchev–Trinajstić information content (AvgIpc) is 2.71. The maximum atomic E-state index is 12.2. The van der Waals surface area contributed by atoms with Crippen LogP contribution in [0.1, 0.15) is 53.4 Å². The molecule has 1 heterocycles. The second kappa shape index (κ2) is 4.82. The van der Waals surface area contributed by atoms with Gasteiger partial charge in [0.05, 0.1) is 11.7 Å². The van der Waals surface area contributed by atoms with E-state index in [1.54, 1.807) is 0 Å². The first kappa shape index (κ1) is 15.0. The molecule has 4 unspecified atom stereocenters. The lowest BCUT2D eigenvalue weighted by Gasteiger charge is -2.55. The fourth-order valence-corrected chi connectivity index (χ4v) is 4.98. The zero-order chi connectivity index (χ0) is 15.4. The van der Waals surface area contributed by atoms with E-state index >= 15 is 0 Å². The molecule has 2 aliphatic carbocycles. The summed E-state index contributed by atoms with van der Waals surface area (Å²) in [6, 6.07) is 0. The Balaban J connectivity index is 2.10. The maximum Gasteiger partial charge on any atom is 0.339 e. The van der Waals surface area contributed by atoms with Crippen molar-refractivity contribution < 1.29 is 19.4 Å². The number of esters is 1. The summed E-state index contributed by atoms with van der Waals surface area (Å²) in [6.45, 7) is 9.18. The van der Waals surface area contributed by atoms with Crippen LogP contribution in [0.2, 0.25) is 0 Å². The Morgan fingerprint density at radius 2 is 2.05 bits per heavy atom. The van der Waals surface area contributed by atoms with Crippen molar-refractivity contribution in [3.05, 3.63) is 11.1 Å². The molecule has 4 heteroatoms. The Morgan fingerprint density at radius 1 is 1.33 bits per heavy atom. The smallest absolute Gasteiger partial charge is 0.339 e. The Morgan fingerprint density at radius 3 is 2.71 bits per heavy atom. The number of aliphatic hydroxyl groups excluding tert-OH is 1. The van der Waals surface area contributed by atoms with Gasteiger partial charge in [0.2, 0.25) is 6.29 Å². The van der Waals surface area contributed by atoms with Crippen molar-refractivity contribution in [2.24, 2.45) is 16.7 Å². The Hall–Kier alpha value is -0.870. The SMILES string of the molecule is CCOC1OC(=O)C2=C1C1(C)CCCC(C)(C)C1CC2O. The normalized spacial score (nSPS) is 41.6. The van der Waals surface area contributed by atoms with Crippen LogP contribution in [0.4, 0.5) is 0 Å². The van der Waals surface area contributed by atoms with Gasteiger partial charge in [-0.2, -0.15) is 0 Å². The second-order valence-electron chi connectivity index (χ2n) is 7.58. The lowest BCUT2D eigenvalue weighted by molar-refractivity contribution is -0.161. The minimum atomic E-state index is -0.714. The van der Waals surface area contributed by atoms with E-state index in [4.69, 9.17) is 9.47 Å². The van der Waals surface area contributed by atoms with E-state index in [-0.39, 0.29) is 16.8 Å². The van der Waals surface area contributed by atoms with Crippen LogP contribution in [0.15, 0.2) is 11.1 Å². The number of hydrogen-bond acceptors (Lipinski definition) is 4. The monoisotopic (exact) mass is 294 g/mol. The molecule has 21 heavy (non-hydrogen) atoms. The molecule has 0 aromatic rings. The van der Waals surface area contributed by atoms with Gasteiger partial charge in [-0.15, -0.1) is 0 Å². The summed E-state index contributed by atoms with van der Waals surface area (Å²) >= 11 is 0. The van der Waals surface area contributed by atoms with Gasteiger partial charge in [0.1, 0.15) is 0 Å². The van der Waals surface area contributed by atoms with E-state index < -0.39 is 12.4 Å². The van der Waals surface area contributed by atoms with Gasteiger partial charge >= 0.3 is 5.97 Å². The first-order chi connectivity index (χ1) is 9.81. The minimum Gasteiger partial charge on any atom is -0.428 e. The fraction of sp³-hybridized carbons (Fsp3) is 0.824. The number of fused-ring (bicyclic) bond motifs is 2. The molecular weight excluding hydrogens is 268 g/mol. The van der Waals surface area contributed by atoms with Gasteiger partial charge in [-0.05, 0) is 42.9 Å². The molecule has 1 saturated carbocycles. The largest absolute Gasteiger partial charge is 0.428 e. The lowest BCUT2D eigenvalue weighted by atomic mass is 9.50. The summed E-state index contributed by atoms with van der Waals surface area (Å²) in [7, 11) is 0. The van der Waals surface area contributed by atoms with Gasteiger partial charge in [-0.25, -0.2) is 4.79 Å². The van der Waals surface area contributed by atoms with Crippen LogP contribution >= 0.6 is 0 Å². The van der Waals surface area contributed by atoms with E-state index in [1.807, 2.05) is 6.92 Å². The molecule has 1 aliphatic heterocycles. The van der Waals surface area contributed by atoms with Crippen molar-refractivity contribution in [3.8, 4) is 0 Å². The molecule has 0 aromatic heterocycles. The van der Waals surface area contributed by atoms with Crippen LogP contribution in [-0.2, 0) is 14.3 Å². The second-order valence-corrected chi connectivity index (χ2v) is 7.58. The van der Waals surface area contributed by atoms with Crippen LogP contribution < -0.4 is 0 Å². The summed E-state index contributed by atoms with van der Waals surface area (Å²) in [5.41, 5.74) is 1.45. The van der Waals surface area contributed by atoms with Gasteiger partial charge in [0, 0.05) is 12.2 Å². The van der Waals surface area contributed by atoms with E-state index in [1.165, 1.54) is 0 Å². The third-order valence-electron chi connectivity index (χ3n) is 5.92. The molecule has 0 radical (unpaired) electrons. The molecule has 0 aromatic carbocycles. The number of rotatable bonds is 2. The molecular formula is C17H26O4. The quantitative estimate of drug-likeness (QED) is 0.796. The molecule has 1 fully saturated rings. The number of cyclic esters (lactones) is 1. The van der Waals surface area contributed by atoms with Crippen LogP contribution in [0.3, 0.4) is 0 Å². The average molecular weight is 294 g/mol. The third kappa shape index (κ3) is 2.07.